The summed E-state index contributed by atoms with van der Waals surface area (Å²) in [5.74, 6) is -2.59. The first-order valence-electron chi connectivity index (χ1n) is 10.7. The molecule has 0 aliphatic heterocycles. The second-order valence-corrected chi connectivity index (χ2v) is 9.41. The van der Waals surface area contributed by atoms with Crippen LogP contribution in [0, 0.1) is 11.3 Å². The summed E-state index contributed by atoms with van der Waals surface area (Å²) in [6, 6.07) is 0.183. The molecule has 0 radical (unpaired) electrons. The molecule has 0 saturated heterocycles. The average Bonchev–Trinajstić information content (AvgIpc) is 3.19. The lowest BCUT2D eigenvalue weighted by atomic mass is 9.85. The molecular weight excluding hydrogens is 426 g/mol. The lowest BCUT2D eigenvalue weighted by Crippen LogP contribution is -2.57. The SMILES string of the molecule is CC(=O)N/C(=C\c1ccoc1)C(=O)N[C@H](C(=O)N(C)[C@H](/C=C(\C)C(=O)O)C(C)C)C(C)(C)C. The van der Waals surface area contributed by atoms with Crippen molar-refractivity contribution < 1.29 is 28.7 Å². The normalized spacial score (nSPS) is 14.5. The molecule has 3 N–H and O–H groups in total. The number of likely N-dealkylation sites (N-methyl/N-ethyl adjacent to an activating group) is 1. The van der Waals surface area contributed by atoms with Gasteiger partial charge in [0.1, 0.15) is 11.7 Å². The van der Waals surface area contributed by atoms with Crippen molar-refractivity contribution in [3.05, 3.63) is 41.5 Å². The first-order valence-corrected chi connectivity index (χ1v) is 10.7. The molecule has 0 bridgehead atoms. The fourth-order valence-corrected chi connectivity index (χ4v) is 3.16. The van der Waals surface area contributed by atoms with E-state index in [2.05, 4.69) is 10.6 Å². The van der Waals surface area contributed by atoms with Crippen molar-refractivity contribution in [2.24, 2.45) is 11.3 Å². The third kappa shape index (κ3) is 8.25. The van der Waals surface area contributed by atoms with E-state index in [4.69, 9.17) is 4.42 Å². The highest BCUT2D eigenvalue weighted by Gasteiger charge is 2.37. The largest absolute Gasteiger partial charge is 0.478 e. The van der Waals surface area contributed by atoms with Crippen molar-refractivity contribution in [3.8, 4) is 0 Å². The first-order chi connectivity index (χ1) is 15.1. The van der Waals surface area contributed by atoms with E-state index in [-0.39, 0.29) is 23.1 Å². The van der Waals surface area contributed by atoms with E-state index in [0.29, 0.717) is 5.56 Å². The second-order valence-electron chi connectivity index (χ2n) is 9.41. The summed E-state index contributed by atoms with van der Waals surface area (Å²) >= 11 is 0. The minimum Gasteiger partial charge on any atom is -0.478 e. The van der Waals surface area contributed by atoms with Gasteiger partial charge in [0.05, 0.1) is 18.6 Å². The zero-order valence-electron chi connectivity index (χ0n) is 20.6. The Morgan fingerprint density at radius 3 is 2.18 bits per heavy atom. The van der Waals surface area contributed by atoms with Crippen LogP contribution in [0.2, 0.25) is 0 Å². The highest BCUT2D eigenvalue weighted by molar-refractivity contribution is 6.03. The number of carboxylic acid groups (broad SMARTS) is 1. The quantitative estimate of drug-likeness (QED) is 0.485. The Kier molecular flexibility index (Phi) is 9.63. The maximum Gasteiger partial charge on any atom is 0.331 e. The molecule has 0 aliphatic rings. The maximum atomic E-state index is 13.5. The average molecular weight is 462 g/mol. The summed E-state index contributed by atoms with van der Waals surface area (Å²) in [5, 5.41) is 14.5. The molecule has 1 aromatic rings. The Bertz CT molecular complexity index is 922. The molecule has 182 valence electrons. The van der Waals surface area contributed by atoms with Crippen molar-refractivity contribution >= 4 is 29.8 Å². The number of hydrogen-bond acceptors (Lipinski definition) is 5. The van der Waals surface area contributed by atoms with Gasteiger partial charge in [-0.3, -0.25) is 14.4 Å². The third-order valence-corrected chi connectivity index (χ3v) is 5.03. The fourth-order valence-electron chi connectivity index (χ4n) is 3.16. The number of nitrogens with zero attached hydrogens (tertiary/aromatic N) is 1. The zero-order valence-corrected chi connectivity index (χ0v) is 20.6. The Balaban J connectivity index is 3.29. The number of amides is 3. The number of hydrogen-bond donors (Lipinski definition) is 3. The van der Waals surface area contributed by atoms with Gasteiger partial charge in [0.25, 0.3) is 5.91 Å². The van der Waals surface area contributed by atoms with Gasteiger partial charge in [0.2, 0.25) is 11.8 Å². The Morgan fingerprint density at radius 1 is 1.15 bits per heavy atom. The number of carboxylic acids is 1. The van der Waals surface area contributed by atoms with Crippen LogP contribution in [-0.2, 0) is 19.2 Å². The zero-order chi connectivity index (χ0) is 25.5. The van der Waals surface area contributed by atoms with E-state index in [9.17, 15) is 24.3 Å². The molecule has 1 heterocycles. The van der Waals surface area contributed by atoms with E-state index in [0.717, 1.165) is 0 Å². The van der Waals surface area contributed by atoms with Gasteiger partial charge >= 0.3 is 5.97 Å². The molecule has 0 spiro atoms. The highest BCUT2D eigenvalue weighted by atomic mass is 16.4. The number of carbonyl (C=O) groups is 4. The van der Waals surface area contributed by atoms with Gasteiger partial charge < -0.3 is 25.1 Å². The summed E-state index contributed by atoms with van der Waals surface area (Å²) < 4.78 is 5.01. The molecule has 3 amide bonds. The number of aliphatic carboxylic acids is 1. The van der Waals surface area contributed by atoms with Crippen LogP contribution in [0.25, 0.3) is 6.08 Å². The van der Waals surface area contributed by atoms with Gasteiger partial charge in [-0.1, -0.05) is 40.7 Å². The van der Waals surface area contributed by atoms with Crippen molar-refractivity contribution in [3.63, 3.8) is 0 Å². The molecule has 0 saturated carbocycles. The van der Waals surface area contributed by atoms with Crippen LogP contribution < -0.4 is 10.6 Å². The molecular formula is C24H35N3O6. The smallest absolute Gasteiger partial charge is 0.331 e. The third-order valence-electron chi connectivity index (χ3n) is 5.03. The minimum absolute atomic E-state index is 0.0318. The van der Waals surface area contributed by atoms with Gasteiger partial charge in [0.15, 0.2) is 0 Å². The van der Waals surface area contributed by atoms with E-state index in [1.54, 1.807) is 13.1 Å². The van der Waals surface area contributed by atoms with Crippen molar-refractivity contribution in [2.45, 2.75) is 60.5 Å². The number of rotatable bonds is 9. The predicted molar refractivity (Wildman–Crippen MR) is 125 cm³/mol. The fraction of sp³-hybridized carbons (Fsp3) is 0.500. The molecule has 0 aliphatic carbocycles. The van der Waals surface area contributed by atoms with E-state index >= 15 is 0 Å². The van der Waals surface area contributed by atoms with Crippen LogP contribution in [0.5, 0.6) is 0 Å². The van der Waals surface area contributed by atoms with Crippen molar-refractivity contribution in [1.29, 1.82) is 0 Å². The minimum atomic E-state index is -1.06. The summed E-state index contributed by atoms with van der Waals surface area (Å²) in [4.78, 5) is 51.0. The predicted octanol–water partition coefficient (Wildman–Crippen LogP) is 2.80. The molecule has 0 unspecified atom stereocenters. The molecule has 9 nitrogen and oxygen atoms in total. The van der Waals surface area contributed by atoms with Crippen molar-refractivity contribution in [2.75, 3.05) is 7.05 Å². The first kappa shape index (κ1) is 27.7. The molecule has 33 heavy (non-hydrogen) atoms. The Morgan fingerprint density at radius 2 is 1.76 bits per heavy atom. The van der Waals surface area contributed by atoms with E-state index in [1.165, 1.54) is 43.4 Å². The highest BCUT2D eigenvalue weighted by Crippen LogP contribution is 2.24. The summed E-state index contributed by atoms with van der Waals surface area (Å²) in [7, 11) is 1.58. The molecule has 0 aromatic carbocycles. The van der Waals surface area contributed by atoms with Crippen LogP contribution in [0.15, 0.2) is 40.4 Å². The van der Waals surface area contributed by atoms with Gasteiger partial charge in [-0.2, -0.15) is 0 Å². The Hall–Kier alpha value is -3.36. The monoisotopic (exact) mass is 461 g/mol. The van der Waals surface area contributed by atoms with E-state index in [1.807, 2.05) is 34.6 Å². The van der Waals surface area contributed by atoms with Crippen LogP contribution in [0.1, 0.15) is 54.0 Å². The van der Waals surface area contributed by atoms with Gasteiger partial charge in [-0.15, -0.1) is 0 Å². The molecule has 1 aromatic heterocycles. The topological polar surface area (TPSA) is 129 Å². The van der Waals surface area contributed by atoms with Gasteiger partial charge in [-0.05, 0) is 30.4 Å². The van der Waals surface area contributed by atoms with Gasteiger partial charge in [-0.25, -0.2) is 4.79 Å². The molecule has 9 heteroatoms. The van der Waals surface area contributed by atoms with Gasteiger partial charge in [0, 0.05) is 25.1 Å². The van der Waals surface area contributed by atoms with Crippen LogP contribution >= 0.6 is 0 Å². The van der Waals surface area contributed by atoms with Crippen LogP contribution in [0.3, 0.4) is 0 Å². The summed E-state index contributed by atoms with van der Waals surface area (Å²) in [6.45, 7) is 11.9. The Labute approximate surface area is 194 Å². The molecule has 1 rings (SSSR count). The maximum absolute atomic E-state index is 13.5. The number of furan rings is 1. The van der Waals surface area contributed by atoms with Crippen LogP contribution in [-0.4, -0.2) is 52.8 Å². The van der Waals surface area contributed by atoms with E-state index < -0.39 is 35.3 Å². The lowest BCUT2D eigenvalue weighted by Gasteiger charge is -2.37. The second kappa shape index (κ2) is 11.5. The summed E-state index contributed by atoms with van der Waals surface area (Å²) in [5.41, 5.74) is -0.0134. The molecule has 0 fully saturated rings. The number of carbonyl (C=O) groups excluding carboxylic acids is 3. The number of nitrogens with one attached hydrogen (secondary N) is 2. The molecule has 2 atom stereocenters. The van der Waals surface area contributed by atoms with Crippen molar-refractivity contribution in [1.82, 2.24) is 15.5 Å². The van der Waals surface area contributed by atoms with Crippen LogP contribution in [0.4, 0.5) is 0 Å². The lowest BCUT2D eigenvalue weighted by molar-refractivity contribution is -0.139. The standard InChI is InChI=1S/C24H35N3O6/c1-14(2)19(11-15(3)23(31)32)27(8)22(30)20(24(5,6)7)26-21(29)18(25-16(4)28)12-17-9-10-33-13-17/h9-14,19-20H,1-8H3,(H,25,28)(H,26,29)(H,31,32)/b15-11+,18-12-/t19-,20-/m1/s1. The summed E-state index contributed by atoms with van der Waals surface area (Å²) in [6.07, 6.45) is 5.84.